The van der Waals surface area contributed by atoms with Crippen LogP contribution in [0.1, 0.15) is 30.3 Å². The minimum atomic E-state index is 0.567. The number of imidazole rings is 1. The number of piperidine rings is 1. The van der Waals surface area contributed by atoms with Crippen molar-refractivity contribution in [1.82, 2.24) is 14.7 Å². The second kappa shape index (κ2) is 3.91. The van der Waals surface area contributed by atoms with Crippen molar-refractivity contribution >= 4 is 5.52 Å². The maximum absolute atomic E-state index is 4.74. The fraction of sp³-hybridized carbons (Fsp3) is 0.462. The molecule has 0 radical (unpaired) electrons. The topological polar surface area (TPSA) is 29.3 Å². The van der Waals surface area contributed by atoms with E-state index in [0.717, 1.165) is 18.8 Å². The lowest BCUT2D eigenvalue weighted by Crippen LogP contribution is -2.29. The van der Waals surface area contributed by atoms with Gasteiger partial charge in [0, 0.05) is 18.7 Å². The van der Waals surface area contributed by atoms with E-state index in [4.69, 9.17) is 4.98 Å². The van der Waals surface area contributed by atoms with Crippen LogP contribution in [0.15, 0.2) is 24.4 Å². The summed E-state index contributed by atoms with van der Waals surface area (Å²) in [6, 6.07) is 6.29. The van der Waals surface area contributed by atoms with Gasteiger partial charge in [0.1, 0.15) is 5.82 Å². The highest BCUT2D eigenvalue weighted by atomic mass is 15.0. The molecule has 1 atom stereocenters. The van der Waals surface area contributed by atoms with Crippen molar-refractivity contribution in [3.8, 4) is 0 Å². The molecule has 1 aliphatic rings. The summed E-state index contributed by atoms with van der Waals surface area (Å²) in [5.41, 5.74) is 2.38. The summed E-state index contributed by atoms with van der Waals surface area (Å²) in [5.74, 6) is 1.79. The lowest BCUT2D eigenvalue weighted by Gasteiger charge is -2.21. The van der Waals surface area contributed by atoms with E-state index >= 15 is 0 Å². The van der Waals surface area contributed by atoms with Gasteiger partial charge < -0.3 is 9.72 Å². The van der Waals surface area contributed by atoms with Gasteiger partial charge in [-0.1, -0.05) is 6.07 Å². The van der Waals surface area contributed by atoms with E-state index in [9.17, 15) is 0 Å². The number of rotatable bonds is 1. The van der Waals surface area contributed by atoms with Crippen LogP contribution >= 0.6 is 0 Å². The maximum Gasteiger partial charge on any atom is 0.117 e. The van der Waals surface area contributed by atoms with Crippen LogP contribution in [0.4, 0.5) is 0 Å². The minimum Gasteiger partial charge on any atom is -0.316 e. The Morgan fingerprint density at radius 2 is 2.38 bits per heavy atom. The highest BCUT2D eigenvalue weighted by Crippen LogP contribution is 2.24. The molecule has 3 heterocycles. The average Bonchev–Trinajstić information content (AvgIpc) is 2.69. The summed E-state index contributed by atoms with van der Waals surface area (Å²) in [6.45, 7) is 4.31. The summed E-state index contributed by atoms with van der Waals surface area (Å²) in [4.78, 5) is 4.74. The first-order chi connectivity index (χ1) is 7.86. The Morgan fingerprint density at radius 1 is 1.44 bits per heavy atom. The molecule has 3 nitrogen and oxygen atoms in total. The fourth-order valence-corrected chi connectivity index (χ4v) is 2.58. The van der Waals surface area contributed by atoms with Gasteiger partial charge in [0.05, 0.1) is 11.2 Å². The molecule has 0 aliphatic carbocycles. The monoisotopic (exact) mass is 215 g/mol. The van der Waals surface area contributed by atoms with Crippen LogP contribution in [-0.4, -0.2) is 22.5 Å². The second-order valence-electron chi connectivity index (χ2n) is 4.55. The third-order valence-corrected chi connectivity index (χ3v) is 3.42. The Labute approximate surface area is 95.5 Å². The molecular formula is C13H17N3. The van der Waals surface area contributed by atoms with Crippen LogP contribution in [0.3, 0.4) is 0 Å². The summed E-state index contributed by atoms with van der Waals surface area (Å²) in [6.07, 6.45) is 4.63. The number of pyridine rings is 1. The summed E-state index contributed by atoms with van der Waals surface area (Å²) in [7, 11) is 0. The number of nitrogens with zero attached hydrogens (tertiary/aromatic N) is 2. The van der Waals surface area contributed by atoms with Gasteiger partial charge in [-0.25, -0.2) is 4.98 Å². The van der Waals surface area contributed by atoms with Crippen LogP contribution in [0.5, 0.6) is 0 Å². The molecule has 3 rings (SSSR count). The van der Waals surface area contributed by atoms with Crippen molar-refractivity contribution in [3.05, 3.63) is 35.9 Å². The van der Waals surface area contributed by atoms with Gasteiger partial charge in [0.2, 0.25) is 0 Å². The molecule has 84 valence electrons. The molecule has 0 saturated carbocycles. The normalized spacial score (nSPS) is 21.4. The van der Waals surface area contributed by atoms with Gasteiger partial charge >= 0.3 is 0 Å². The summed E-state index contributed by atoms with van der Waals surface area (Å²) in [5, 5.41) is 3.45. The van der Waals surface area contributed by atoms with Gasteiger partial charge in [-0.3, -0.25) is 0 Å². The van der Waals surface area contributed by atoms with Gasteiger partial charge in [-0.15, -0.1) is 0 Å². The number of hydrogen-bond donors (Lipinski definition) is 1. The molecular weight excluding hydrogens is 198 g/mol. The smallest absolute Gasteiger partial charge is 0.117 e. The second-order valence-corrected chi connectivity index (χ2v) is 4.55. The highest BCUT2D eigenvalue weighted by molar-refractivity contribution is 5.52. The molecule has 16 heavy (non-hydrogen) atoms. The average molecular weight is 215 g/mol. The lowest BCUT2D eigenvalue weighted by molar-refractivity contribution is 0.445. The first-order valence-corrected chi connectivity index (χ1v) is 6.00. The maximum atomic E-state index is 4.74. The first-order valence-electron chi connectivity index (χ1n) is 6.00. The molecule has 1 N–H and O–H groups in total. The Hall–Kier alpha value is -1.35. The van der Waals surface area contributed by atoms with Crippen molar-refractivity contribution in [1.29, 1.82) is 0 Å². The number of fused-ring (bicyclic) bond motifs is 1. The third-order valence-electron chi connectivity index (χ3n) is 3.42. The third kappa shape index (κ3) is 1.52. The molecule has 1 aliphatic heterocycles. The SMILES string of the molecule is Cc1nc(C2CCCNC2)n2ccccc12. The van der Waals surface area contributed by atoms with Crippen molar-refractivity contribution in [2.45, 2.75) is 25.7 Å². The van der Waals surface area contributed by atoms with Crippen molar-refractivity contribution in [3.63, 3.8) is 0 Å². The van der Waals surface area contributed by atoms with Crippen molar-refractivity contribution in [2.24, 2.45) is 0 Å². The van der Waals surface area contributed by atoms with E-state index in [2.05, 4.69) is 41.0 Å². The summed E-state index contributed by atoms with van der Waals surface area (Å²) < 4.78 is 2.24. The Kier molecular flexibility index (Phi) is 2.40. The zero-order valence-electron chi connectivity index (χ0n) is 9.61. The van der Waals surface area contributed by atoms with Crippen LogP contribution in [0, 0.1) is 6.92 Å². The van der Waals surface area contributed by atoms with E-state index in [1.807, 2.05) is 0 Å². The van der Waals surface area contributed by atoms with Gasteiger partial charge in [0.15, 0.2) is 0 Å². The molecule has 0 spiro atoms. The van der Waals surface area contributed by atoms with Crippen LogP contribution in [-0.2, 0) is 0 Å². The Bertz CT molecular complexity index is 495. The minimum absolute atomic E-state index is 0.567. The number of hydrogen-bond acceptors (Lipinski definition) is 2. The van der Waals surface area contributed by atoms with Gasteiger partial charge in [-0.2, -0.15) is 0 Å². The lowest BCUT2D eigenvalue weighted by atomic mass is 9.99. The predicted octanol–water partition coefficient (Wildman–Crippen LogP) is 2.11. The van der Waals surface area contributed by atoms with E-state index in [0.29, 0.717) is 5.92 Å². The zero-order chi connectivity index (χ0) is 11.0. The zero-order valence-corrected chi connectivity index (χ0v) is 9.61. The molecule has 0 aromatic carbocycles. The molecule has 2 aromatic heterocycles. The Balaban J connectivity index is 2.08. The van der Waals surface area contributed by atoms with Crippen LogP contribution in [0.25, 0.3) is 5.52 Å². The van der Waals surface area contributed by atoms with Gasteiger partial charge in [0.25, 0.3) is 0 Å². The fourth-order valence-electron chi connectivity index (χ4n) is 2.58. The molecule has 2 aromatic rings. The first kappa shape index (κ1) is 9.85. The van der Waals surface area contributed by atoms with Crippen molar-refractivity contribution in [2.75, 3.05) is 13.1 Å². The van der Waals surface area contributed by atoms with E-state index < -0.39 is 0 Å². The molecule has 1 unspecified atom stereocenters. The molecule has 0 amide bonds. The largest absolute Gasteiger partial charge is 0.316 e. The standard InChI is InChI=1S/C13H17N3/c1-10-12-6-2-3-8-16(12)13(15-10)11-5-4-7-14-9-11/h2-3,6,8,11,14H,4-5,7,9H2,1H3. The van der Waals surface area contributed by atoms with Crippen molar-refractivity contribution < 1.29 is 0 Å². The summed E-state index contributed by atoms with van der Waals surface area (Å²) >= 11 is 0. The quantitative estimate of drug-likeness (QED) is 0.789. The predicted molar refractivity (Wildman–Crippen MR) is 64.8 cm³/mol. The molecule has 1 saturated heterocycles. The highest BCUT2D eigenvalue weighted by Gasteiger charge is 2.20. The number of aryl methyl sites for hydroxylation is 1. The Morgan fingerprint density at radius 3 is 3.19 bits per heavy atom. The van der Waals surface area contributed by atoms with E-state index in [-0.39, 0.29) is 0 Å². The molecule has 3 heteroatoms. The van der Waals surface area contributed by atoms with E-state index in [1.165, 1.54) is 24.2 Å². The van der Waals surface area contributed by atoms with Crippen LogP contribution in [0.2, 0.25) is 0 Å². The van der Waals surface area contributed by atoms with E-state index in [1.54, 1.807) is 0 Å². The number of nitrogens with one attached hydrogen (secondary N) is 1. The van der Waals surface area contributed by atoms with Gasteiger partial charge in [-0.05, 0) is 38.4 Å². The van der Waals surface area contributed by atoms with Crippen LogP contribution < -0.4 is 5.32 Å². The molecule has 1 fully saturated rings. The number of aromatic nitrogens is 2. The molecule has 0 bridgehead atoms.